The third-order valence-electron chi connectivity index (χ3n) is 4.88. The molecule has 0 heterocycles. The van der Waals surface area contributed by atoms with Crippen molar-refractivity contribution in [2.24, 2.45) is 0 Å². The van der Waals surface area contributed by atoms with Crippen LogP contribution in [0.5, 0.6) is 0 Å². The molecular formula is C22H34Cl2Zr. The molecule has 2 aliphatic carbocycles. The Bertz CT molecular complexity index is 450. The van der Waals surface area contributed by atoms with Crippen LogP contribution < -0.4 is 24.8 Å². The van der Waals surface area contributed by atoms with Gasteiger partial charge in [0.15, 0.2) is 0 Å². The van der Waals surface area contributed by atoms with Crippen LogP contribution in [0, 0.1) is 12.2 Å². The summed E-state index contributed by atoms with van der Waals surface area (Å²) < 4.78 is 0. The summed E-state index contributed by atoms with van der Waals surface area (Å²) in [6.07, 6.45) is 16.7. The van der Waals surface area contributed by atoms with E-state index >= 15 is 0 Å². The number of halogens is 2. The Hall–Kier alpha value is 0.423. The third-order valence-corrected chi connectivity index (χ3v) is 4.88. The van der Waals surface area contributed by atoms with Crippen LogP contribution in [0.2, 0.25) is 0 Å². The summed E-state index contributed by atoms with van der Waals surface area (Å²) in [7, 11) is 0. The van der Waals surface area contributed by atoms with E-state index in [1.54, 1.807) is 0 Å². The monoisotopic (exact) mass is 458 g/mol. The Morgan fingerprint density at radius 2 is 1.00 bits per heavy atom. The van der Waals surface area contributed by atoms with E-state index in [9.17, 15) is 0 Å². The van der Waals surface area contributed by atoms with Crippen LogP contribution in [0.15, 0.2) is 33.4 Å². The third kappa shape index (κ3) is 10.4. The van der Waals surface area contributed by atoms with Crippen molar-refractivity contribution in [3.63, 3.8) is 0 Å². The van der Waals surface area contributed by atoms with E-state index in [0.717, 1.165) is 12.8 Å². The van der Waals surface area contributed by atoms with Crippen molar-refractivity contribution < 1.29 is 51.0 Å². The van der Waals surface area contributed by atoms with E-state index < -0.39 is 0 Å². The van der Waals surface area contributed by atoms with E-state index in [1.165, 1.54) is 72.0 Å². The Morgan fingerprint density at radius 3 is 1.20 bits per heavy atom. The van der Waals surface area contributed by atoms with Crippen molar-refractivity contribution in [1.29, 1.82) is 0 Å². The van der Waals surface area contributed by atoms with E-state index in [2.05, 4.69) is 53.7 Å². The number of hydrogen-bond donors (Lipinski definition) is 0. The van der Waals surface area contributed by atoms with Gasteiger partial charge in [0.05, 0.1) is 0 Å². The predicted molar refractivity (Wildman–Crippen MR) is 98.5 cm³/mol. The van der Waals surface area contributed by atoms with Crippen molar-refractivity contribution in [3.05, 3.63) is 45.6 Å². The first-order valence-corrected chi connectivity index (χ1v) is 9.04. The van der Waals surface area contributed by atoms with Crippen LogP contribution in [0.4, 0.5) is 0 Å². The first-order chi connectivity index (χ1) is 10.5. The first-order valence-electron chi connectivity index (χ1n) is 9.04. The molecule has 0 unspecified atom stereocenters. The number of allylic oxidation sites excluding steroid dienone is 8. The van der Waals surface area contributed by atoms with Crippen LogP contribution in [0.25, 0.3) is 0 Å². The minimum absolute atomic E-state index is 0. The van der Waals surface area contributed by atoms with Crippen molar-refractivity contribution in [2.45, 2.75) is 92.9 Å². The summed E-state index contributed by atoms with van der Waals surface area (Å²) >= 11 is 0. The Kier molecular flexibility index (Phi) is 20.0. The number of hydrogen-bond acceptors (Lipinski definition) is 0. The minimum atomic E-state index is 0. The molecular weight excluding hydrogens is 426 g/mol. The second-order valence-corrected chi connectivity index (χ2v) is 6.68. The summed E-state index contributed by atoms with van der Waals surface area (Å²) in [5.41, 5.74) is 8.97. The maximum absolute atomic E-state index is 3.43. The zero-order valence-corrected chi connectivity index (χ0v) is 20.9. The molecule has 0 atom stereocenters. The molecule has 2 rings (SSSR count). The molecule has 2 aliphatic rings. The standard InChI is InChI=1S/2C11H17.2ClH.Zr/c2*1-4-5-6-11-8-7-9(2)10(11)3;;;/h2*4-7H2,1-3H3;2*1H;/q2*-1;;;+4/p-2. The molecule has 0 N–H and O–H groups in total. The average Bonchev–Trinajstić information content (AvgIpc) is 3.00. The fourth-order valence-electron chi connectivity index (χ4n) is 2.78. The molecule has 140 valence electrons. The van der Waals surface area contributed by atoms with E-state index in [0.29, 0.717) is 0 Å². The van der Waals surface area contributed by atoms with Crippen LogP contribution in [-0.2, 0) is 26.2 Å². The molecule has 0 nitrogen and oxygen atoms in total. The molecule has 0 saturated heterocycles. The second kappa shape index (κ2) is 16.6. The number of unbranched alkanes of at least 4 members (excludes halogenated alkanes) is 2. The molecule has 3 heteroatoms. The predicted octanol–water partition coefficient (Wildman–Crippen LogP) is 1.30. The number of rotatable bonds is 6. The molecule has 0 radical (unpaired) electrons. The normalized spacial score (nSPS) is 15.4. The largest absolute Gasteiger partial charge is 4.00 e. The van der Waals surface area contributed by atoms with Crippen LogP contribution in [0.1, 0.15) is 92.9 Å². The zero-order chi connectivity index (χ0) is 16.5. The molecule has 0 aromatic heterocycles. The molecule has 0 amide bonds. The van der Waals surface area contributed by atoms with Crippen LogP contribution in [0.3, 0.4) is 0 Å². The average molecular weight is 461 g/mol. The van der Waals surface area contributed by atoms with E-state index in [1.807, 2.05) is 0 Å². The van der Waals surface area contributed by atoms with Gasteiger partial charge in [-0.15, -0.1) is 26.7 Å². The Labute approximate surface area is 188 Å². The van der Waals surface area contributed by atoms with Gasteiger partial charge in [-0.25, -0.2) is 11.1 Å². The van der Waals surface area contributed by atoms with E-state index in [-0.39, 0.29) is 51.0 Å². The summed E-state index contributed by atoms with van der Waals surface area (Å²) in [5, 5.41) is 0. The van der Waals surface area contributed by atoms with Crippen LogP contribution >= 0.6 is 0 Å². The maximum Gasteiger partial charge on any atom is 4.00 e. The smallest absolute Gasteiger partial charge is 1.00 e. The van der Waals surface area contributed by atoms with Gasteiger partial charge in [0.1, 0.15) is 0 Å². The van der Waals surface area contributed by atoms with Crippen molar-refractivity contribution >= 4 is 0 Å². The van der Waals surface area contributed by atoms with Gasteiger partial charge in [-0.05, 0) is 0 Å². The quantitative estimate of drug-likeness (QED) is 0.525. The second-order valence-electron chi connectivity index (χ2n) is 6.68. The van der Waals surface area contributed by atoms with Gasteiger partial charge in [-0.1, -0.05) is 66.2 Å². The van der Waals surface area contributed by atoms with Gasteiger partial charge in [0, 0.05) is 0 Å². The molecule has 0 fully saturated rings. The van der Waals surface area contributed by atoms with Gasteiger partial charge >= 0.3 is 26.2 Å². The summed E-state index contributed by atoms with van der Waals surface area (Å²) in [6.45, 7) is 13.3. The minimum Gasteiger partial charge on any atom is -1.00 e. The van der Waals surface area contributed by atoms with Crippen molar-refractivity contribution in [3.8, 4) is 0 Å². The first kappa shape index (κ1) is 30.2. The fraction of sp³-hybridized carbons (Fsp3) is 0.636. The molecule has 0 spiro atoms. The molecule has 0 aliphatic heterocycles. The molecule has 0 bridgehead atoms. The topological polar surface area (TPSA) is 0 Å². The van der Waals surface area contributed by atoms with Gasteiger partial charge in [-0.3, -0.25) is 12.2 Å². The van der Waals surface area contributed by atoms with E-state index in [4.69, 9.17) is 0 Å². The van der Waals surface area contributed by atoms with Gasteiger partial charge in [0.25, 0.3) is 0 Å². The molecule has 0 aromatic carbocycles. The molecule has 0 aromatic rings. The Balaban J connectivity index is -0.000000346. The molecule has 25 heavy (non-hydrogen) atoms. The summed E-state index contributed by atoms with van der Waals surface area (Å²) in [5.74, 6) is 0. The molecule has 0 saturated carbocycles. The zero-order valence-electron chi connectivity index (χ0n) is 16.9. The summed E-state index contributed by atoms with van der Waals surface area (Å²) in [4.78, 5) is 0. The maximum atomic E-state index is 3.43. The van der Waals surface area contributed by atoms with Crippen molar-refractivity contribution in [2.75, 3.05) is 0 Å². The van der Waals surface area contributed by atoms with Gasteiger partial charge < -0.3 is 24.8 Å². The fourth-order valence-corrected chi connectivity index (χ4v) is 2.78. The van der Waals surface area contributed by atoms with Crippen molar-refractivity contribution in [1.82, 2.24) is 0 Å². The van der Waals surface area contributed by atoms with Gasteiger partial charge in [0.2, 0.25) is 0 Å². The van der Waals surface area contributed by atoms with Gasteiger partial charge in [-0.2, -0.15) is 22.3 Å². The Morgan fingerprint density at radius 1 is 0.680 bits per heavy atom. The SMILES string of the molecule is CCCCC1=[C-]CC(C)=C1C.CCCCC1=[C-]CC(C)=C1C.[Cl-].[Cl-].[Zr+4]. The van der Waals surface area contributed by atoms with Crippen LogP contribution in [-0.4, -0.2) is 0 Å². The summed E-state index contributed by atoms with van der Waals surface area (Å²) in [6, 6.07) is 0.